The summed E-state index contributed by atoms with van der Waals surface area (Å²) in [6, 6.07) is -1.40. The maximum absolute atomic E-state index is 11.5. The second-order valence-electron chi connectivity index (χ2n) is 9.07. The first kappa shape index (κ1) is 30.4. The Balaban J connectivity index is 1.80. The fourth-order valence-corrected chi connectivity index (χ4v) is 4.46. The predicted octanol–water partition coefficient (Wildman–Crippen LogP) is -7.43. The fourth-order valence-electron chi connectivity index (χ4n) is 4.46. The Bertz CT molecular complexity index is 745. The number of hydrogen-bond donors (Lipinski definition) is 11. The van der Waals surface area contributed by atoms with Gasteiger partial charge in [-0.3, -0.25) is 4.79 Å². The van der Waals surface area contributed by atoms with Crippen LogP contribution in [0.1, 0.15) is 6.92 Å². The van der Waals surface area contributed by atoms with Crippen molar-refractivity contribution < 1.29 is 79.5 Å². The van der Waals surface area contributed by atoms with Crippen molar-refractivity contribution >= 4 is 5.91 Å². The largest absolute Gasteiger partial charge is 0.394 e. The summed E-state index contributed by atoms with van der Waals surface area (Å²) in [6.07, 6.45) is -23.4. The molecule has 3 aliphatic heterocycles. The minimum Gasteiger partial charge on any atom is -0.394 e. The Morgan fingerprint density at radius 3 is 1.70 bits per heavy atom. The van der Waals surface area contributed by atoms with Crippen molar-refractivity contribution in [1.82, 2.24) is 5.32 Å². The average Bonchev–Trinajstić information content (AvgIpc) is 2.86. The highest BCUT2D eigenvalue weighted by Crippen LogP contribution is 2.32. The van der Waals surface area contributed by atoms with Crippen LogP contribution in [0.3, 0.4) is 0 Å². The lowest BCUT2D eigenvalue weighted by atomic mass is 9.95. The summed E-state index contributed by atoms with van der Waals surface area (Å²) < 4.78 is 26.9. The number of nitrogens with one attached hydrogen (secondary N) is 1. The van der Waals surface area contributed by atoms with E-state index in [4.69, 9.17) is 23.7 Å². The molecule has 0 aromatic heterocycles. The molecule has 17 nitrogen and oxygen atoms in total. The van der Waals surface area contributed by atoms with Crippen LogP contribution >= 0.6 is 0 Å². The van der Waals surface area contributed by atoms with Gasteiger partial charge in [0.05, 0.1) is 19.8 Å². The van der Waals surface area contributed by atoms with E-state index < -0.39 is 118 Å². The Kier molecular flexibility index (Phi) is 10.5. The Hall–Kier alpha value is -1.13. The molecule has 3 rings (SSSR count). The molecule has 0 aliphatic carbocycles. The van der Waals surface area contributed by atoms with Crippen molar-refractivity contribution in [2.24, 2.45) is 0 Å². The third-order valence-electron chi connectivity index (χ3n) is 6.50. The average molecular weight is 545 g/mol. The topological polar surface area (TPSA) is 278 Å². The van der Waals surface area contributed by atoms with E-state index in [1.54, 1.807) is 0 Å². The Labute approximate surface area is 210 Å². The zero-order valence-corrected chi connectivity index (χ0v) is 19.7. The molecule has 0 saturated carbocycles. The number of hydrogen-bond acceptors (Lipinski definition) is 16. The van der Waals surface area contributed by atoms with Gasteiger partial charge in [0, 0.05) is 6.92 Å². The van der Waals surface area contributed by atoms with Gasteiger partial charge in [-0.15, -0.1) is 0 Å². The van der Waals surface area contributed by atoms with Crippen LogP contribution in [-0.4, -0.2) is 169 Å². The predicted molar refractivity (Wildman–Crippen MR) is 113 cm³/mol. The highest BCUT2D eigenvalue weighted by atomic mass is 16.7. The summed E-state index contributed by atoms with van der Waals surface area (Å²) in [5, 5.41) is 103. The van der Waals surface area contributed by atoms with Gasteiger partial charge in [-0.2, -0.15) is 0 Å². The molecule has 11 N–H and O–H groups in total. The summed E-state index contributed by atoms with van der Waals surface area (Å²) >= 11 is 0. The van der Waals surface area contributed by atoms with Crippen LogP contribution in [0, 0.1) is 0 Å². The van der Waals surface area contributed by atoms with Crippen LogP contribution < -0.4 is 5.32 Å². The maximum Gasteiger partial charge on any atom is 0.217 e. The molecule has 3 saturated heterocycles. The number of amides is 1. The quantitative estimate of drug-likeness (QED) is 0.135. The van der Waals surface area contributed by atoms with E-state index >= 15 is 0 Å². The molecule has 0 aromatic rings. The number of rotatable bonds is 8. The lowest BCUT2D eigenvalue weighted by Crippen LogP contribution is -2.68. The SMILES string of the molecule is CC(=O)N[C@H]1C(O)O[C@H](CO)[C@@H](O[C@@H]2O[C@H](CO)[C@H](O)[C@H](O[C@H]3O[C@H](CO)[C@H](O)[C@H](O)[C@H]3O)[C@H]2O)[C@@H]1O. The van der Waals surface area contributed by atoms with Crippen LogP contribution in [0.25, 0.3) is 0 Å². The summed E-state index contributed by atoms with van der Waals surface area (Å²) in [4.78, 5) is 11.5. The molecule has 15 atom stereocenters. The summed E-state index contributed by atoms with van der Waals surface area (Å²) in [5.41, 5.74) is 0. The van der Waals surface area contributed by atoms with Crippen molar-refractivity contribution in [3.05, 3.63) is 0 Å². The van der Waals surface area contributed by atoms with Crippen LogP contribution in [0.5, 0.6) is 0 Å². The third-order valence-corrected chi connectivity index (χ3v) is 6.50. The van der Waals surface area contributed by atoms with Gasteiger partial charge in [-0.25, -0.2) is 0 Å². The van der Waals surface area contributed by atoms with E-state index in [2.05, 4.69) is 5.32 Å². The summed E-state index contributed by atoms with van der Waals surface area (Å²) in [7, 11) is 0. The molecule has 1 amide bonds. The molecule has 3 aliphatic rings. The highest BCUT2D eigenvalue weighted by molar-refractivity contribution is 5.73. The molecule has 37 heavy (non-hydrogen) atoms. The van der Waals surface area contributed by atoms with Gasteiger partial charge in [-0.1, -0.05) is 0 Å². The summed E-state index contributed by atoms with van der Waals surface area (Å²) in [6.45, 7) is -1.23. The molecule has 0 radical (unpaired) electrons. The number of aliphatic hydroxyl groups is 10. The van der Waals surface area contributed by atoms with Crippen molar-refractivity contribution in [2.45, 2.75) is 99.0 Å². The number of ether oxygens (including phenoxy) is 5. The van der Waals surface area contributed by atoms with Gasteiger partial charge in [0.2, 0.25) is 5.91 Å². The zero-order chi connectivity index (χ0) is 27.6. The van der Waals surface area contributed by atoms with E-state index in [0.29, 0.717) is 0 Å². The van der Waals surface area contributed by atoms with E-state index in [-0.39, 0.29) is 0 Å². The van der Waals surface area contributed by atoms with Gasteiger partial charge in [-0.05, 0) is 0 Å². The standard InChI is InChI=1S/C20H35NO16/c1-5(25)21-9-12(28)16(8(4-24)33-18(9)32)36-20-15(31)17(11(27)7(3-23)35-20)37-19-14(30)13(29)10(26)6(2-22)34-19/h6-20,22-24,26-32H,2-4H2,1H3,(H,21,25)/t6-,7-,8-,9-,10+,11+,12-,13+,14-,15-,16-,17+,18?,19-,20+/m1/s1. The van der Waals surface area contributed by atoms with Crippen molar-refractivity contribution in [3.8, 4) is 0 Å². The molecule has 0 bridgehead atoms. The molecule has 0 spiro atoms. The van der Waals surface area contributed by atoms with Gasteiger partial charge in [0.25, 0.3) is 0 Å². The minimum atomic E-state index is -1.91. The fraction of sp³-hybridized carbons (Fsp3) is 0.950. The molecule has 1 unspecified atom stereocenters. The smallest absolute Gasteiger partial charge is 0.217 e. The second kappa shape index (κ2) is 12.8. The molecule has 3 heterocycles. The monoisotopic (exact) mass is 545 g/mol. The van der Waals surface area contributed by atoms with E-state index in [0.717, 1.165) is 6.92 Å². The van der Waals surface area contributed by atoms with Crippen molar-refractivity contribution in [3.63, 3.8) is 0 Å². The molecular weight excluding hydrogens is 510 g/mol. The lowest BCUT2D eigenvalue weighted by Gasteiger charge is -2.48. The first-order chi connectivity index (χ1) is 17.4. The van der Waals surface area contributed by atoms with E-state index in [1.807, 2.05) is 0 Å². The third kappa shape index (κ3) is 6.38. The second-order valence-corrected chi connectivity index (χ2v) is 9.07. The zero-order valence-electron chi connectivity index (χ0n) is 19.7. The van der Waals surface area contributed by atoms with Crippen LogP contribution in [0.15, 0.2) is 0 Å². The highest BCUT2D eigenvalue weighted by Gasteiger charge is 2.53. The van der Waals surface area contributed by atoms with Gasteiger partial charge >= 0.3 is 0 Å². The molecule has 3 fully saturated rings. The van der Waals surface area contributed by atoms with Crippen molar-refractivity contribution in [2.75, 3.05) is 19.8 Å². The van der Waals surface area contributed by atoms with Crippen LogP contribution in [-0.2, 0) is 28.5 Å². The first-order valence-corrected chi connectivity index (χ1v) is 11.6. The van der Waals surface area contributed by atoms with Crippen molar-refractivity contribution in [1.29, 1.82) is 0 Å². The Morgan fingerprint density at radius 1 is 0.649 bits per heavy atom. The number of aliphatic hydroxyl groups excluding tert-OH is 10. The Morgan fingerprint density at radius 2 is 1.16 bits per heavy atom. The number of carbonyl (C=O) groups is 1. The van der Waals surface area contributed by atoms with E-state index in [1.165, 1.54) is 0 Å². The molecule has 216 valence electrons. The van der Waals surface area contributed by atoms with Gasteiger partial charge in [0.15, 0.2) is 18.9 Å². The normalized spacial score (nSPS) is 49.0. The van der Waals surface area contributed by atoms with E-state index in [9.17, 15) is 55.9 Å². The molecule has 17 heteroatoms. The van der Waals surface area contributed by atoms with Crippen LogP contribution in [0.4, 0.5) is 0 Å². The van der Waals surface area contributed by atoms with Crippen LogP contribution in [0.2, 0.25) is 0 Å². The lowest BCUT2D eigenvalue weighted by molar-refractivity contribution is -0.375. The van der Waals surface area contributed by atoms with Gasteiger partial charge < -0.3 is 80.1 Å². The number of carbonyl (C=O) groups excluding carboxylic acids is 1. The van der Waals surface area contributed by atoms with Gasteiger partial charge in [0.1, 0.15) is 73.2 Å². The minimum absolute atomic E-state index is 0.627. The maximum atomic E-state index is 11.5. The molecule has 0 aromatic carbocycles. The summed E-state index contributed by atoms with van der Waals surface area (Å²) in [5.74, 6) is -0.627. The first-order valence-electron chi connectivity index (χ1n) is 11.6. The molecular formula is C20H35NO16.